The number of rotatable bonds is 7. The molecule has 0 fully saturated rings. The Kier molecular flexibility index (Phi) is 6.81. The third-order valence-corrected chi connectivity index (χ3v) is 2.90. The van der Waals surface area contributed by atoms with Crippen molar-refractivity contribution in [2.45, 2.75) is 26.4 Å². The Morgan fingerprint density at radius 3 is 2.48 bits per heavy atom. The smallest absolute Gasteiger partial charge is 0.242 e. The Morgan fingerprint density at radius 2 is 1.90 bits per heavy atom. The Bertz CT molecular complexity index is 476. The molecule has 5 nitrogen and oxygen atoms in total. The summed E-state index contributed by atoms with van der Waals surface area (Å²) in [6.07, 6.45) is 0. The van der Waals surface area contributed by atoms with Crippen LogP contribution in [-0.2, 0) is 16.1 Å². The quantitative estimate of drug-likeness (QED) is 0.785. The van der Waals surface area contributed by atoms with Crippen LogP contribution in [0, 0.1) is 5.82 Å². The van der Waals surface area contributed by atoms with Crippen LogP contribution in [0.15, 0.2) is 24.3 Å². The molecular weight excluding hydrogens is 273 g/mol. The number of carbonyl (C=O) groups excluding carboxylic acids is 2. The van der Waals surface area contributed by atoms with E-state index in [1.54, 1.807) is 31.0 Å². The summed E-state index contributed by atoms with van der Waals surface area (Å²) in [5.74, 6) is -0.708. The third kappa shape index (κ3) is 6.35. The lowest BCUT2D eigenvalue weighted by atomic mass is 10.2. The van der Waals surface area contributed by atoms with Crippen molar-refractivity contribution >= 4 is 11.8 Å². The lowest BCUT2D eigenvalue weighted by molar-refractivity contribution is -0.129. The molecule has 1 rings (SSSR count). The van der Waals surface area contributed by atoms with Crippen molar-refractivity contribution in [3.63, 3.8) is 0 Å². The summed E-state index contributed by atoms with van der Waals surface area (Å²) in [5, 5.41) is 5.28. The number of hydrogen-bond acceptors (Lipinski definition) is 3. The van der Waals surface area contributed by atoms with E-state index in [-0.39, 0.29) is 24.2 Å². The molecule has 0 saturated carbocycles. The highest BCUT2D eigenvalue weighted by atomic mass is 19.1. The molecule has 6 heteroatoms. The minimum Gasteiger partial charge on any atom is -0.355 e. The molecule has 1 aromatic rings. The van der Waals surface area contributed by atoms with Crippen LogP contribution in [0.4, 0.5) is 4.39 Å². The van der Waals surface area contributed by atoms with E-state index >= 15 is 0 Å². The van der Waals surface area contributed by atoms with E-state index in [1.165, 1.54) is 12.1 Å². The average molecular weight is 295 g/mol. The highest BCUT2D eigenvalue weighted by Gasteiger charge is 2.15. The van der Waals surface area contributed by atoms with Gasteiger partial charge in [0.05, 0.1) is 6.54 Å². The third-order valence-electron chi connectivity index (χ3n) is 2.90. The molecule has 0 unspecified atom stereocenters. The minimum atomic E-state index is -0.559. The van der Waals surface area contributed by atoms with E-state index in [1.807, 2.05) is 6.92 Å². The Labute approximate surface area is 124 Å². The van der Waals surface area contributed by atoms with Crippen LogP contribution in [0.1, 0.15) is 19.4 Å². The number of halogens is 1. The first-order valence-electron chi connectivity index (χ1n) is 6.92. The first-order chi connectivity index (χ1) is 9.92. The predicted molar refractivity (Wildman–Crippen MR) is 79.0 cm³/mol. The molecule has 1 aromatic carbocycles. The number of amides is 2. The minimum absolute atomic E-state index is 0.168. The van der Waals surface area contributed by atoms with Crippen LogP contribution in [0.3, 0.4) is 0 Å². The lowest BCUT2D eigenvalue weighted by Crippen LogP contribution is -2.47. The molecule has 0 aliphatic carbocycles. The van der Waals surface area contributed by atoms with E-state index in [4.69, 9.17) is 0 Å². The standard InChI is InChI=1S/C15H22FN3O2/c1-4-17-15(21)11(2)18-14(20)10-19(3)9-12-5-7-13(16)8-6-12/h5-8,11H,4,9-10H2,1-3H3,(H,17,21)(H,18,20)/t11-/m1/s1. The highest BCUT2D eigenvalue weighted by molar-refractivity contribution is 5.87. The highest BCUT2D eigenvalue weighted by Crippen LogP contribution is 2.05. The summed E-state index contributed by atoms with van der Waals surface area (Å²) in [7, 11) is 1.79. The van der Waals surface area contributed by atoms with Gasteiger partial charge >= 0.3 is 0 Å². The van der Waals surface area contributed by atoms with Gasteiger partial charge in [0.2, 0.25) is 11.8 Å². The molecule has 0 aliphatic rings. The first kappa shape index (κ1) is 17.1. The average Bonchev–Trinajstić information content (AvgIpc) is 2.41. The van der Waals surface area contributed by atoms with Gasteiger partial charge in [-0.15, -0.1) is 0 Å². The summed E-state index contributed by atoms with van der Waals surface area (Å²) >= 11 is 0. The molecule has 0 spiro atoms. The van der Waals surface area contributed by atoms with E-state index in [9.17, 15) is 14.0 Å². The molecule has 21 heavy (non-hydrogen) atoms. The van der Waals surface area contributed by atoms with Crippen LogP contribution in [0.2, 0.25) is 0 Å². The topological polar surface area (TPSA) is 61.4 Å². The van der Waals surface area contributed by atoms with Gasteiger partial charge in [-0.3, -0.25) is 14.5 Å². The van der Waals surface area contributed by atoms with Gasteiger partial charge in [-0.2, -0.15) is 0 Å². The zero-order chi connectivity index (χ0) is 15.8. The van der Waals surface area contributed by atoms with Crippen molar-refractivity contribution in [1.29, 1.82) is 0 Å². The van der Waals surface area contributed by atoms with Crippen molar-refractivity contribution in [2.75, 3.05) is 20.1 Å². The SMILES string of the molecule is CCNC(=O)[C@@H](C)NC(=O)CN(C)Cc1ccc(F)cc1. The molecule has 116 valence electrons. The summed E-state index contributed by atoms with van der Waals surface area (Å²) in [5.41, 5.74) is 0.920. The Balaban J connectivity index is 2.40. The molecule has 0 heterocycles. The normalized spacial score (nSPS) is 12.0. The number of likely N-dealkylation sites (N-methyl/N-ethyl adjacent to an activating group) is 2. The predicted octanol–water partition coefficient (Wildman–Crippen LogP) is 0.898. The second-order valence-corrected chi connectivity index (χ2v) is 4.98. The van der Waals surface area contributed by atoms with Crippen molar-refractivity contribution in [3.05, 3.63) is 35.6 Å². The van der Waals surface area contributed by atoms with E-state index in [2.05, 4.69) is 10.6 Å². The van der Waals surface area contributed by atoms with Crippen LogP contribution in [0.25, 0.3) is 0 Å². The van der Waals surface area contributed by atoms with Crippen LogP contribution in [-0.4, -0.2) is 42.9 Å². The van der Waals surface area contributed by atoms with Crippen LogP contribution in [0.5, 0.6) is 0 Å². The zero-order valence-corrected chi connectivity index (χ0v) is 12.6. The summed E-state index contributed by atoms with van der Waals surface area (Å²) < 4.78 is 12.8. The van der Waals surface area contributed by atoms with Crippen LogP contribution >= 0.6 is 0 Å². The van der Waals surface area contributed by atoms with Gasteiger partial charge in [0.25, 0.3) is 0 Å². The van der Waals surface area contributed by atoms with Crippen molar-refractivity contribution in [2.24, 2.45) is 0 Å². The first-order valence-corrected chi connectivity index (χ1v) is 6.92. The van der Waals surface area contributed by atoms with Crippen molar-refractivity contribution in [3.8, 4) is 0 Å². The molecule has 2 amide bonds. The number of nitrogens with one attached hydrogen (secondary N) is 2. The number of benzene rings is 1. The van der Waals surface area contributed by atoms with Gasteiger partial charge in [-0.1, -0.05) is 12.1 Å². The maximum atomic E-state index is 12.8. The number of nitrogens with zero attached hydrogens (tertiary/aromatic N) is 1. The molecule has 2 N–H and O–H groups in total. The fourth-order valence-electron chi connectivity index (χ4n) is 1.88. The lowest BCUT2D eigenvalue weighted by Gasteiger charge is -2.18. The molecule has 1 atom stereocenters. The van der Waals surface area contributed by atoms with Crippen molar-refractivity contribution < 1.29 is 14.0 Å². The van der Waals surface area contributed by atoms with E-state index < -0.39 is 6.04 Å². The Hall–Kier alpha value is -1.95. The molecule has 0 saturated heterocycles. The van der Waals surface area contributed by atoms with Gasteiger partial charge in [0.1, 0.15) is 11.9 Å². The Morgan fingerprint density at radius 1 is 1.29 bits per heavy atom. The molecule has 0 aromatic heterocycles. The van der Waals surface area contributed by atoms with Gasteiger partial charge < -0.3 is 10.6 Å². The number of hydrogen-bond donors (Lipinski definition) is 2. The van der Waals surface area contributed by atoms with E-state index in [0.717, 1.165) is 5.56 Å². The van der Waals surface area contributed by atoms with Gasteiger partial charge in [0, 0.05) is 13.1 Å². The summed E-state index contributed by atoms with van der Waals surface area (Å²) in [6.45, 7) is 4.69. The summed E-state index contributed by atoms with van der Waals surface area (Å²) in [4.78, 5) is 25.1. The molecule has 0 aliphatic heterocycles. The molecule has 0 bridgehead atoms. The largest absolute Gasteiger partial charge is 0.355 e. The molecular formula is C15H22FN3O2. The fourth-order valence-corrected chi connectivity index (χ4v) is 1.88. The fraction of sp³-hybridized carbons (Fsp3) is 0.467. The van der Waals surface area contributed by atoms with Gasteiger partial charge in [-0.05, 0) is 38.6 Å². The maximum Gasteiger partial charge on any atom is 0.242 e. The van der Waals surface area contributed by atoms with Gasteiger partial charge in [0.15, 0.2) is 0 Å². The zero-order valence-electron chi connectivity index (χ0n) is 12.6. The summed E-state index contributed by atoms with van der Waals surface area (Å²) in [6, 6.07) is 5.58. The molecule has 0 radical (unpaired) electrons. The van der Waals surface area contributed by atoms with Gasteiger partial charge in [-0.25, -0.2) is 4.39 Å². The second-order valence-electron chi connectivity index (χ2n) is 4.98. The second kappa shape index (κ2) is 8.36. The van der Waals surface area contributed by atoms with E-state index in [0.29, 0.717) is 13.1 Å². The maximum absolute atomic E-state index is 12.8. The monoisotopic (exact) mass is 295 g/mol. The van der Waals surface area contributed by atoms with Crippen molar-refractivity contribution in [1.82, 2.24) is 15.5 Å². The van der Waals surface area contributed by atoms with Crippen LogP contribution < -0.4 is 10.6 Å². The number of carbonyl (C=O) groups is 2.